The lowest BCUT2D eigenvalue weighted by molar-refractivity contribution is 0.304. The maximum atomic E-state index is 5.81. The van der Waals surface area contributed by atoms with Crippen molar-refractivity contribution in [1.29, 1.82) is 0 Å². The minimum Gasteiger partial charge on any atom is -0.494 e. The molecule has 0 spiro atoms. The molecule has 0 aliphatic carbocycles. The number of unbranched alkanes of at least 4 members (excludes halogenated alkanes) is 13. The molecular formula is C24H42O. The topological polar surface area (TPSA) is 9.23 Å². The highest BCUT2D eigenvalue weighted by Gasteiger charge is 1.96. The van der Waals surface area contributed by atoms with Gasteiger partial charge in [-0.25, -0.2) is 0 Å². The molecule has 0 amide bonds. The van der Waals surface area contributed by atoms with Crippen molar-refractivity contribution in [2.75, 3.05) is 6.61 Å². The van der Waals surface area contributed by atoms with Crippen LogP contribution in [0.4, 0.5) is 0 Å². The lowest BCUT2D eigenvalue weighted by Gasteiger charge is -2.07. The second-order valence-electron chi connectivity index (χ2n) is 7.44. The van der Waals surface area contributed by atoms with Gasteiger partial charge in [0, 0.05) is 0 Å². The Bertz CT molecular complexity index is 382. The van der Waals surface area contributed by atoms with Crippen molar-refractivity contribution in [3.8, 4) is 5.75 Å². The molecule has 0 bridgehead atoms. The van der Waals surface area contributed by atoms with Crippen LogP contribution in [-0.2, 0) is 6.42 Å². The van der Waals surface area contributed by atoms with Gasteiger partial charge in [0.15, 0.2) is 0 Å². The zero-order valence-electron chi connectivity index (χ0n) is 17.0. The quantitative estimate of drug-likeness (QED) is 0.259. The van der Waals surface area contributed by atoms with Gasteiger partial charge in [-0.05, 0) is 30.5 Å². The van der Waals surface area contributed by atoms with Crippen LogP contribution in [0.2, 0.25) is 0 Å². The van der Waals surface area contributed by atoms with E-state index in [0.717, 1.165) is 18.8 Å². The van der Waals surface area contributed by atoms with Crippen LogP contribution in [0.5, 0.6) is 5.75 Å². The molecular weight excluding hydrogens is 304 g/mol. The molecule has 1 aromatic rings. The molecule has 144 valence electrons. The van der Waals surface area contributed by atoms with Crippen LogP contribution in [-0.4, -0.2) is 6.61 Å². The van der Waals surface area contributed by atoms with Crippen LogP contribution >= 0.6 is 0 Å². The Morgan fingerprint density at radius 3 is 1.44 bits per heavy atom. The molecule has 0 saturated carbocycles. The van der Waals surface area contributed by atoms with Gasteiger partial charge in [0.05, 0.1) is 6.61 Å². The Hall–Kier alpha value is -0.980. The first-order valence-electron chi connectivity index (χ1n) is 11.1. The highest BCUT2D eigenvalue weighted by atomic mass is 16.5. The number of hydrogen-bond donors (Lipinski definition) is 0. The molecule has 0 aliphatic rings. The Morgan fingerprint density at radius 1 is 0.560 bits per heavy atom. The van der Waals surface area contributed by atoms with Crippen LogP contribution in [0, 0.1) is 0 Å². The summed E-state index contributed by atoms with van der Waals surface area (Å²) < 4.78 is 5.81. The molecule has 1 heteroatoms. The predicted molar refractivity (Wildman–Crippen MR) is 112 cm³/mol. The maximum absolute atomic E-state index is 5.81. The van der Waals surface area contributed by atoms with Crippen molar-refractivity contribution in [3.05, 3.63) is 29.8 Å². The Morgan fingerprint density at radius 2 is 1.00 bits per heavy atom. The van der Waals surface area contributed by atoms with E-state index < -0.39 is 0 Å². The fourth-order valence-corrected chi connectivity index (χ4v) is 3.31. The molecule has 25 heavy (non-hydrogen) atoms. The van der Waals surface area contributed by atoms with E-state index in [2.05, 4.69) is 38.1 Å². The number of ether oxygens (including phenoxy) is 1. The molecule has 0 fully saturated rings. The smallest absolute Gasteiger partial charge is 0.119 e. The average molecular weight is 347 g/mol. The first-order valence-corrected chi connectivity index (χ1v) is 11.1. The first-order chi connectivity index (χ1) is 12.4. The normalized spacial score (nSPS) is 11.0. The molecule has 1 aromatic carbocycles. The SMILES string of the molecule is CCCCCCCCCCCCCCCCOc1ccc(CC)cc1. The summed E-state index contributed by atoms with van der Waals surface area (Å²) in [5, 5.41) is 0. The highest BCUT2D eigenvalue weighted by Crippen LogP contribution is 2.15. The summed E-state index contributed by atoms with van der Waals surface area (Å²) in [6.45, 7) is 5.34. The summed E-state index contributed by atoms with van der Waals surface area (Å²) in [5.74, 6) is 1.02. The van der Waals surface area contributed by atoms with Crippen LogP contribution in [0.1, 0.15) is 109 Å². The molecule has 0 saturated heterocycles. The van der Waals surface area contributed by atoms with Gasteiger partial charge < -0.3 is 4.74 Å². The second kappa shape index (κ2) is 16.5. The summed E-state index contributed by atoms with van der Waals surface area (Å²) in [5.41, 5.74) is 1.38. The fourth-order valence-electron chi connectivity index (χ4n) is 3.31. The highest BCUT2D eigenvalue weighted by molar-refractivity contribution is 5.27. The van der Waals surface area contributed by atoms with Crippen LogP contribution in [0.3, 0.4) is 0 Å². The number of aryl methyl sites for hydroxylation is 1. The number of hydrogen-bond acceptors (Lipinski definition) is 1. The summed E-state index contributed by atoms with van der Waals surface area (Å²) in [6, 6.07) is 8.53. The minimum atomic E-state index is 0.865. The van der Waals surface area contributed by atoms with E-state index in [-0.39, 0.29) is 0 Å². The average Bonchev–Trinajstić information content (AvgIpc) is 2.65. The summed E-state index contributed by atoms with van der Waals surface area (Å²) in [6.07, 6.45) is 20.7. The zero-order valence-corrected chi connectivity index (χ0v) is 17.0. The van der Waals surface area contributed by atoms with E-state index in [0.29, 0.717) is 0 Å². The molecule has 0 N–H and O–H groups in total. The largest absolute Gasteiger partial charge is 0.494 e. The summed E-state index contributed by atoms with van der Waals surface area (Å²) in [7, 11) is 0. The van der Waals surface area contributed by atoms with Crippen molar-refractivity contribution in [1.82, 2.24) is 0 Å². The van der Waals surface area contributed by atoms with Gasteiger partial charge in [0.2, 0.25) is 0 Å². The van der Waals surface area contributed by atoms with Gasteiger partial charge in [-0.2, -0.15) is 0 Å². The van der Waals surface area contributed by atoms with Crippen molar-refractivity contribution in [2.45, 2.75) is 110 Å². The lowest BCUT2D eigenvalue weighted by atomic mass is 10.0. The van der Waals surface area contributed by atoms with E-state index in [1.807, 2.05) is 0 Å². The van der Waals surface area contributed by atoms with E-state index in [9.17, 15) is 0 Å². The molecule has 0 atom stereocenters. The number of benzene rings is 1. The fraction of sp³-hybridized carbons (Fsp3) is 0.750. The van der Waals surface area contributed by atoms with Gasteiger partial charge in [-0.3, -0.25) is 0 Å². The Labute approximate surface area is 157 Å². The second-order valence-corrected chi connectivity index (χ2v) is 7.44. The Kier molecular flexibility index (Phi) is 14.5. The third kappa shape index (κ3) is 13.0. The molecule has 0 heterocycles. The molecule has 1 nitrogen and oxygen atoms in total. The van der Waals surface area contributed by atoms with Gasteiger partial charge in [-0.15, -0.1) is 0 Å². The molecule has 0 unspecified atom stereocenters. The van der Waals surface area contributed by atoms with Crippen LogP contribution < -0.4 is 4.74 Å². The van der Waals surface area contributed by atoms with E-state index in [1.54, 1.807) is 0 Å². The van der Waals surface area contributed by atoms with Crippen LogP contribution in [0.15, 0.2) is 24.3 Å². The third-order valence-electron chi connectivity index (χ3n) is 5.10. The van der Waals surface area contributed by atoms with Crippen molar-refractivity contribution in [2.24, 2.45) is 0 Å². The summed E-state index contributed by atoms with van der Waals surface area (Å²) in [4.78, 5) is 0. The van der Waals surface area contributed by atoms with Crippen LogP contribution in [0.25, 0.3) is 0 Å². The van der Waals surface area contributed by atoms with Crippen molar-refractivity contribution < 1.29 is 4.74 Å². The number of rotatable bonds is 17. The van der Waals surface area contributed by atoms with E-state index in [4.69, 9.17) is 4.74 Å². The summed E-state index contributed by atoms with van der Waals surface area (Å²) >= 11 is 0. The third-order valence-corrected chi connectivity index (χ3v) is 5.10. The van der Waals surface area contributed by atoms with E-state index >= 15 is 0 Å². The van der Waals surface area contributed by atoms with Gasteiger partial charge in [0.1, 0.15) is 5.75 Å². The molecule has 0 aromatic heterocycles. The lowest BCUT2D eigenvalue weighted by Crippen LogP contribution is -1.97. The van der Waals surface area contributed by atoms with Gasteiger partial charge in [0.25, 0.3) is 0 Å². The van der Waals surface area contributed by atoms with Gasteiger partial charge >= 0.3 is 0 Å². The molecule has 0 aliphatic heterocycles. The molecule has 0 radical (unpaired) electrons. The van der Waals surface area contributed by atoms with Gasteiger partial charge in [-0.1, -0.05) is 109 Å². The standard InChI is InChI=1S/C24H42O/c1-3-5-6-7-8-9-10-11-12-13-14-15-16-17-22-25-24-20-18-23(4-2)19-21-24/h18-21H,3-17,22H2,1-2H3. The molecule has 1 rings (SSSR count). The van der Waals surface area contributed by atoms with Crippen molar-refractivity contribution >= 4 is 0 Å². The Balaban J connectivity index is 1.78. The first kappa shape index (κ1) is 22.1. The zero-order chi connectivity index (χ0) is 18.0. The predicted octanol–water partition coefficient (Wildman–Crippen LogP) is 8.11. The van der Waals surface area contributed by atoms with E-state index in [1.165, 1.54) is 95.5 Å². The van der Waals surface area contributed by atoms with Crippen molar-refractivity contribution in [3.63, 3.8) is 0 Å². The monoisotopic (exact) mass is 346 g/mol. The minimum absolute atomic E-state index is 0.865. The maximum Gasteiger partial charge on any atom is 0.119 e.